The standard InChI is InChI=1S/C6H11NO3/c8-5-10-6(9)7-3-1-2-4-7/h8H,1-5H2. The van der Waals surface area contributed by atoms with Crippen molar-refractivity contribution in [2.75, 3.05) is 19.9 Å². The van der Waals surface area contributed by atoms with Gasteiger partial charge in [0.1, 0.15) is 0 Å². The molecule has 0 radical (unpaired) electrons. The molecular weight excluding hydrogens is 134 g/mol. The van der Waals surface area contributed by atoms with E-state index in [1.165, 1.54) is 0 Å². The zero-order chi connectivity index (χ0) is 7.40. The average Bonchev–Trinajstić information content (AvgIpc) is 2.38. The summed E-state index contributed by atoms with van der Waals surface area (Å²) in [4.78, 5) is 12.4. The Kier molecular flexibility index (Phi) is 2.50. The molecule has 0 aromatic heterocycles. The number of rotatable bonds is 1. The lowest BCUT2D eigenvalue weighted by molar-refractivity contribution is 0.0258. The van der Waals surface area contributed by atoms with Gasteiger partial charge >= 0.3 is 6.09 Å². The highest BCUT2D eigenvalue weighted by Crippen LogP contribution is 2.07. The van der Waals surface area contributed by atoms with E-state index >= 15 is 0 Å². The van der Waals surface area contributed by atoms with E-state index in [9.17, 15) is 4.79 Å². The maximum atomic E-state index is 10.8. The van der Waals surface area contributed by atoms with E-state index in [2.05, 4.69) is 4.74 Å². The van der Waals surface area contributed by atoms with Crippen molar-refractivity contribution in [3.8, 4) is 0 Å². The van der Waals surface area contributed by atoms with E-state index in [0.717, 1.165) is 25.9 Å². The quantitative estimate of drug-likeness (QED) is 0.535. The van der Waals surface area contributed by atoms with E-state index < -0.39 is 12.9 Å². The van der Waals surface area contributed by atoms with Gasteiger partial charge in [0.15, 0.2) is 6.79 Å². The Balaban J connectivity index is 2.25. The Hall–Kier alpha value is -0.770. The molecule has 1 N–H and O–H groups in total. The molecule has 0 saturated carbocycles. The van der Waals surface area contributed by atoms with Gasteiger partial charge in [0.05, 0.1) is 0 Å². The molecule has 1 aliphatic heterocycles. The van der Waals surface area contributed by atoms with Crippen LogP contribution < -0.4 is 0 Å². The number of aliphatic hydroxyl groups excluding tert-OH is 1. The van der Waals surface area contributed by atoms with Gasteiger partial charge in [-0.3, -0.25) is 0 Å². The summed E-state index contributed by atoms with van der Waals surface area (Å²) < 4.78 is 4.37. The summed E-state index contributed by atoms with van der Waals surface area (Å²) in [6, 6.07) is 0. The fraction of sp³-hybridized carbons (Fsp3) is 0.833. The smallest absolute Gasteiger partial charge is 0.411 e. The van der Waals surface area contributed by atoms with Crippen LogP contribution in [0, 0.1) is 0 Å². The molecule has 1 fully saturated rings. The molecule has 0 atom stereocenters. The third-order valence-electron chi connectivity index (χ3n) is 1.55. The predicted octanol–water partition coefficient (Wildman–Crippen LogP) is 0.169. The van der Waals surface area contributed by atoms with E-state index in [-0.39, 0.29) is 0 Å². The molecule has 1 heterocycles. The third-order valence-corrected chi connectivity index (χ3v) is 1.55. The topological polar surface area (TPSA) is 49.8 Å². The molecule has 1 saturated heterocycles. The van der Waals surface area contributed by atoms with Crippen molar-refractivity contribution >= 4 is 6.09 Å². The molecule has 0 aromatic rings. The van der Waals surface area contributed by atoms with Gasteiger partial charge in [-0.05, 0) is 12.8 Å². The average molecular weight is 145 g/mol. The van der Waals surface area contributed by atoms with Crippen molar-refractivity contribution in [1.29, 1.82) is 0 Å². The molecule has 0 unspecified atom stereocenters. The van der Waals surface area contributed by atoms with E-state index in [1.54, 1.807) is 4.90 Å². The Morgan fingerprint density at radius 1 is 1.50 bits per heavy atom. The molecular formula is C6H11NO3. The molecule has 1 aliphatic rings. The van der Waals surface area contributed by atoms with Gasteiger partial charge in [-0.2, -0.15) is 0 Å². The molecule has 0 aromatic carbocycles. The molecule has 0 bridgehead atoms. The monoisotopic (exact) mass is 145 g/mol. The number of hydrogen-bond donors (Lipinski definition) is 1. The highest BCUT2D eigenvalue weighted by atomic mass is 16.6. The van der Waals surface area contributed by atoms with Crippen LogP contribution in [0.5, 0.6) is 0 Å². The number of aliphatic hydroxyl groups is 1. The maximum Gasteiger partial charge on any atom is 0.411 e. The fourth-order valence-electron chi connectivity index (χ4n) is 1.05. The van der Waals surface area contributed by atoms with Gasteiger partial charge in [-0.25, -0.2) is 4.79 Å². The van der Waals surface area contributed by atoms with Crippen LogP contribution in [-0.4, -0.2) is 36.0 Å². The van der Waals surface area contributed by atoms with Gasteiger partial charge in [0.25, 0.3) is 0 Å². The molecule has 0 aliphatic carbocycles. The van der Waals surface area contributed by atoms with Crippen molar-refractivity contribution in [1.82, 2.24) is 4.90 Å². The third kappa shape index (κ3) is 1.60. The molecule has 0 spiro atoms. The van der Waals surface area contributed by atoms with E-state index in [0.29, 0.717) is 0 Å². The molecule has 4 nitrogen and oxygen atoms in total. The molecule has 4 heteroatoms. The van der Waals surface area contributed by atoms with Crippen LogP contribution in [0.4, 0.5) is 4.79 Å². The van der Waals surface area contributed by atoms with Gasteiger partial charge in [-0.15, -0.1) is 0 Å². The van der Waals surface area contributed by atoms with Gasteiger partial charge in [-0.1, -0.05) is 0 Å². The summed E-state index contributed by atoms with van der Waals surface area (Å²) in [5.74, 6) is 0. The van der Waals surface area contributed by atoms with Crippen molar-refractivity contribution in [3.63, 3.8) is 0 Å². The second kappa shape index (κ2) is 3.41. The van der Waals surface area contributed by atoms with Crippen LogP contribution in [0.2, 0.25) is 0 Å². The van der Waals surface area contributed by atoms with Crippen LogP contribution in [-0.2, 0) is 4.74 Å². The lowest BCUT2D eigenvalue weighted by Gasteiger charge is -2.12. The van der Waals surface area contributed by atoms with E-state index in [4.69, 9.17) is 5.11 Å². The predicted molar refractivity (Wildman–Crippen MR) is 34.4 cm³/mol. The zero-order valence-electron chi connectivity index (χ0n) is 5.75. The fourth-order valence-corrected chi connectivity index (χ4v) is 1.05. The second-order valence-corrected chi connectivity index (χ2v) is 2.23. The number of ether oxygens (including phenoxy) is 1. The van der Waals surface area contributed by atoms with Crippen LogP contribution in [0.15, 0.2) is 0 Å². The lowest BCUT2D eigenvalue weighted by Crippen LogP contribution is -2.28. The first kappa shape index (κ1) is 7.34. The van der Waals surface area contributed by atoms with Crippen LogP contribution >= 0.6 is 0 Å². The number of amides is 1. The molecule has 1 amide bonds. The summed E-state index contributed by atoms with van der Waals surface area (Å²) in [6.45, 7) is 1.01. The van der Waals surface area contributed by atoms with Crippen molar-refractivity contribution in [3.05, 3.63) is 0 Å². The van der Waals surface area contributed by atoms with Crippen LogP contribution in [0.1, 0.15) is 12.8 Å². The highest BCUT2D eigenvalue weighted by molar-refractivity contribution is 5.67. The number of likely N-dealkylation sites (tertiary alicyclic amines) is 1. The first-order valence-corrected chi connectivity index (χ1v) is 3.37. The van der Waals surface area contributed by atoms with Gasteiger partial charge in [0.2, 0.25) is 0 Å². The SMILES string of the molecule is O=C(OCO)N1CCCC1. The lowest BCUT2D eigenvalue weighted by atomic mass is 10.4. The van der Waals surface area contributed by atoms with Crippen LogP contribution in [0.3, 0.4) is 0 Å². The minimum absolute atomic E-state index is 0.403. The number of nitrogens with zero attached hydrogens (tertiary/aromatic N) is 1. The Bertz CT molecular complexity index is 120. The molecule has 10 heavy (non-hydrogen) atoms. The number of carbonyl (C=O) groups excluding carboxylic acids is 1. The summed E-state index contributed by atoms with van der Waals surface area (Å²) in [5, 5.41) is 8.23. The molecule has 58 valence electrons. The highest BCUT2D eigenvalue weighted by Gasteiger charge is 2.18. The Morgan fingerprint density at radius 3 is 2.60 bits per heavy atom. The minimum atomic E-state index is -0.519. The minimum Gasteiger partial charge on any atom is -0.422 e. The van der Waals surface area contributed by atoms with Crippen molar-refractivity contribution < 1.29 is 14.6 Å². The van der Waals surface area contributed by atoms with E-state index in [1.807, 2.05) is 0 Å². The van der Waals surface area contributed by atoms with Crippen molar-refractivity contribution in [2.24, 2.45) is 0 Å². The Labute approximate surface area is 59.4 Å². The van der Waals surface area contributed by atoms with Crippen molar-refractivity contribution in [2.45, 2.75) is 12.8 Å². The Morgan fingerprint density at radius 2 is 2.10 bits per heavy atom. The van der Waals surface area contributed by atoms with Gasteiger partial charge in [0, 0.05) is 13.1 Å². The normalized spacial score (nSPS) is 17.5. The summed E-state index contributed by atoms with van der Waals surface area (Å²) in [5.41, 5.74) is 0. The molecule has 1 rings (SSSR count). The maximum absolute atomic E-state index is 10.8. The number of hydrogen-bond acceptors (Lipinski definition) is 3. The van der Waals surface area contributed by atoms with Crippen LogP contribution in [0.25, 0.3) is 0 Å². The second-order valence-electron chi connectivity index (χ2n) is 2.23. The first-order chi connectivity index (χ1) is 4.84. The number of carbonyl (C=O) groups is 1. The summed E-state index contributed by atoms with van der Waals surface area (Å²) in [7, 11) is 0. The zero-order valence-corrected chi connectivity index (χ0v) is 5.75. The van der Waals surface area contributed by atoms with Gasteiger partial charge < -0.3 is 14.7 Å². The summed E-state index contributed by atoms with van der Waals surface area (Å²) >= 11 is 0. The largest absolute Gasteiger partial charge is 0.422 e. The summed E-state index contributed by atoms with van der Waals surface area (Å²) in [6.07, 6.45) is 1.68. The first-order valence-electron chi connectivity index (χ1n) is 3.37.